The van der Waals surface area contributed by atoms with E-state index in [2.05, 4.69) is 12.6 Å². The summed E-state index contributed by atoms with van der Waals surface area (Å²) in [5.74, 6) is 1.06. The summed E-state index contributed by atoms with van der Waals surface area (Å²) in [5, 5.41) is 0. The zero-order chi connectivity index (χ0) is 12.3. The molecule has 0 bridgehead atoms. The van der Waals surface area contributed by atoms with Crippen LogP contribution in [0.25, 0.3) is 0 Å². The van der Waals surface area contributed by atoms with Gasteiger partial charge in [-0.2, -0.15) is 12.6 Å². The zero-order valence-corrected chi connectivity index (χ0v) is 11.0. The van der Waals surface area contributed by atoms with Crippen LogP contribution in [-0.2, 0) is 4.79 Å². The van der Waals surface area contributed by atoms with Gasteiger partial charge in [-0.1, -0.05) is 0 Å². The molecule has 1 aromatic rings. The Kier molecular flexibility index (Phi) is 4.24. The number of nitrogens with zero attached hydrogens (tertiary/aromatic N) is 1. The molecule has 0 aliphatic heterocycles. The number of anilines is 1. The summed E-state index contributed by atoms with van der Waals surface area (Å²) in [4.78, 5) is 13.1. The van der Waals surface area contributed by atoms with E-state index < -0.39 is 0 Å². The van der Waals surface area contributed by atoms with Gasteiger partial charge < -0.3 is 9.64 Å². The van der Waals surface area contributed by atoms with E-state index in [1.54, 1.807) is 19.1 Å². The molecule has 0 N–H and O–H groups in total. The van der Waals surface area contributed by atoms with E-state index in [0.717, 1.165) is 22.6 Å². The highest BCUT2D eigenvalue weighted by Crippen LogP contribution is 2.28. The second-order valence-electron chi connectivity index (χ2n) is 3.72. The first-order valence-electron chi connectivity index (χ1n) is 5.04. The maximum Gasteiger partial charge on any atom is 0.236 e. The van der Waals surface area contributed by atoms with E-state index in [-0.39, 0.29) is 11.7 Å². The van der Waals surface area contributed by atoms with E-state index in [4.69, 9.17) is 4.74 Å². The van der Waals surface area contributed by atoms with Gasteiger partial charge in [-0.05, 0) is 37.1 Å². The number of ether oxygens (including phenoxy) is 1. The van der Waals surface area contributed by atoms with Gasteiger partial charge in [-0.15, -0.1) is 0 Å². The van der Waals surface area contributed by atoms with Gasteiger partial charge in [0.05, 0.1) is 12.9 Å². The van der Waals surface area contributed by atoms with Crippen LogP contribution in [0.15, 0.2) is 12.1 Å². The van der Waals surface area contributed by atoms with E-state index in [1.807, 2.05) is 26.0 Å². The molecule has 16 heavy (non-hydrogen) atoms. The van der Waals surface area contributed by atoms with Gasteiger partial charge in [-0.3, -0.25) is 4.79 Å². The summed E-state index contributed by atoms with van der Waals surface area (Å²) in [6, 6.07) is 3.88. The number of thiol groups is 1. The number of hydrogen-bond acceptors (Lipinski definition) is 3. The highest BCUT2D eigenvalue weighted by molar-refractivity contribution is 7.81. The molecule has 0 saturated heterocycles. The molecule has 4 heteroatoms. The summed E-state index contributed by atoms with van der Waals surface area (Å²) in [6.07, 6.45) is 0. The molecule has 0 aliphatic carbocycles. The molecule has 0 spiro atoms. The number of hydrogen-bond donors (Lipinski definition) is 1. The van der Waals surface area contributed by atoms with Gasteiger partial charge >= 0.3 is 0 Å². The quantitative estimate of drug-likeness (QED) is 0.819. The Morgan fingerprint density at radius 3 is 2.25 bits per heavy atom. The first-order valence-corrected chi connectivity index (χ1v) is 5.67. The number of methoxy groups -OCH3 is 1. The summed E-state index contributed by atoms with van der Waals surface area (Å²) < 4.78 is 5.28. The Morgan fingerprint density at radius 1 is 1.38 bits per heavy atom. The Hall–Kier alpha value is -1.16. The zero-order valence-electron chi connectivity index (χ0n) is 10.1. The van der Waals surface area contributed by atoms with E-state index in [0.29, 0.717) is 0 Å². The first kappa shape index (κ1) is 12.9. The largest absolute Gasteiger partial charge is 0.496 e. The van der Waals surface area contributed by atoms with Gasteiger partial charge in [0.15, 0.2) is 0 Å². The normalized spacial score (nSPS) is 10.1. The van der Waals surface area contributed by atoms with Crippen molar-refractivity contribution < 1.29 is 9.53 Å². The summed E-state index contributed by atoms with van der Waals surface area (Å²) in [7, 11) is 3.40. The topological polar surface area (TPSA) is 29.5 Å². The molecule has 0 atom stereocenters. The van der Waals surface area contributed by atoms with Gasteiger partial charge in [-0.25, -0.2) is 0 Å². The maximum atomic E-state index is 11.5. The molecule has 0 saturated carbocycles. The van der Waals surface area contributed by atoms with Crippen LogP contribution in [0.4, 0.5) is 5.69 Å². The minimum absolute atomic E-state index is 0.0210. The van der Waals surface area contributed by atoms with Crippen LogP contribution in [0.3, 0.4) is 0 Å². The van der Waals surface area contributed by atoms with Crippen molar-refractivity contribution in [1.82, 2.24) is 0 Å². The highest BCUT2D eigenvalue weighted by atomic mass is 32.1. The third kappa shape index (κ3) is 2.50. The van der Waals surface area contributed by atoms with Crippen LogP contribution in [0.5, 0.6) is 5.75 Å². The SMILES string of the molecule is COc1c(C)cc(N(C)C(=O)CS)cc1C. The van der Waals surface area contributed by atoms with E-state index >= 15 is 0 Å². The lowest BCUT2D eigenvalue weighted by atomic mass is 10.1. The lowest BCUT2D eigenvalue weighted by Crippen LogP contribution is -2.27. The number of benzene rings is 1. The third-order valence-corrected chi connectivity index (χ3v) is 2.82. The van der Waals surface area contributed by atoms with Crippen LogP contribution in [-0.4, -0.2) is 25.8 Å². The van der Waals surface area contributed by atoms with Gasteiger partial charge in [0, 0.05) is 12.7 Å². The molecule has 0 unspecified atom stereocenters. The predicted molar refractivity (Wildman–Crippen MR) is 69.7 cm³/mol. The number of carbonyl (C=O) groups is 1. The number of carbonyl (C=O) groups excluding carboxylic acids is 1. The lowest BCUT2D eigenvalue weighted by Gasteiger charge is -2.19. The van der Waals surface area contributed by atoms with Gasteiger partial charge in [0.1, 0.15) is 5.75 Å². The van der Waals surface area contributed by atoms with Crippen LogP contribution < -0.4 is 9.64 Å². The molecule has 1 aromatic carbocycles. The van der Waals surface area contributed by atoms with Crippen molar-refractivity contribution in [3.05, 3.63) is 23.3 Å². The molecule has 0 fully saturated rings. The minimum Gasteiger partial charge on any atom is -0.496 e. The molecule has 1 amide bonds. The summed E-state index contributed by atoms with van der Waals surface area (Å²) >= 11 is 3.98. The summed E-state index contributed by atoms with van der Waals surface area (Å²) in [5.41, 5.74) is 2.92. The fraction of sp³-hybridized carbons (Fsp3) is 0.417. The predicted octanol–water partition coefficient (Wildman–Crippen LogP) is 2.20. The molecular formula is C12H17NO2S. The smallest absolute Gasteiger partial charge is 0.236 e. The van der Waals surface area contributed by atoms with Crippen LogP contribution in [0.2, 0.25) is 0 Å². The monoisotopic (exact) mass is 239 g/mol. The Bertz CT molecular complexity index is 381. The van der Waals surface area contributed by atoms with Crippen molar-refractivity contribution in [2.24, 2.45) is 0 Å². The molecular weight excluding hydrogens is 222 g/mol. The number of aryl methyl sites for hydroxylation is 2. The van der Waals surface area contributed by atoms with Crippen molar-refractivity contribution in [2.45, 2.75) is 13.8 Å². The number of rotatable bonds is 3. The van der Waals surface area contributed by atoms with Gasteiger partial charge in [0.2, 0.25) is 5.91 Å². The van der Waals surface area contributed by atoms with Crippen molar-refractivity contribution in [3.8, 4) is 5.75 Å². The fourth-order valence-corrected chi connectivity index (χ4v) is 1.91. The molecule has 0 aromatic heterocycles. The highest BCUT2D eigenvalue weighted by Gasteiger charge is 2.12. The lowest BCUT2D eigenvalue weighted by molar-refractivity contribution is -0.115. The van der Waals surface area contributed by atoms with Crippen molar-refractivity contribution in [2.75, 3.05) is 24.8 Å². The van der Waals surface area contributed by atoms with Crippen molar-refractivity contribution in [3.63, 3.8) is 0 Å². The molecule has 0 heterocycles. The third-order valence-electron chi connectivity index (χ3n) is 2.55. The van der Waals surface area contributed by atoms with Crippen molar-refractivity contribution in [1.29, 1.82) is 0 Å². The second kappa shape index (κ2) is 5.25. The standard InChI is InChI=1S/C12H17NO2S/c1-8-5-10(13(3)11(14)7-16)6-9(2)12(8)15-4/h5-6,16H,7H2,1-4H3. The average molecular weight is 239 g/mol. The molecule has 88 valence electrons. The Balaban J connectivity index is 3.13. The first-order chi connectivity index (χ1) is 7.51. The minimum atomic E-state index is -0.0210. The average Bonchev–Trinajstić information content (AvgIpc) is 2.26. The van der Waals surface area contributed by atoms with Crippen LogP contribution in [0.1, 0.15) is 11.1 Å². The molecule has 1 rings (SSSR count). The van der Waals surface area contributed by atoms with Crippen molar-refractivity contribution >= 4 is 24.2 Å². The fourth-order valence-electron chi connectivity index (χ4n) is 1.69. The van der Waals surface area contributed by atoms with Crippen LogP contribution >= 0.6 is 12.6 Å². The van der Waals surface area contributed by atoms with Gasteiger partial charge in [0.25, 0.3) is 0 Å². The maximum absolute atomic E-state index is 11.5. The van der Waals surface area contributed by atoms with E-state index in [9.17, 15) is 4.79 Å². The second-order valence-corrected chi connectivity index (χ2v) is 4.04. The molecule has 0 aliphatic rings. The molecule has 3 nitrogen and oxygen atoms in total. The van der Waals surface area contributed by atoms with E-state index in [1.165, 1.54) is 0 Å². The van der Waals surface area contributed by atoms with Crippen LogP contribution in [0, 0.1) is 13.8 Å². The summed E-state index contributed by atoms with van der Waals surface area (Å²) in [6.45, 7) is 3.93. The Morgan fingerprint density at radius 2 is 1.88 bits per heavy atom. The number of amides is 1. The Labute approximate surface area is 102 Å². The molecule has 0 radical (unpaired) electrons.